The zero-order chi connectivity index (χ0) is 16.0. The molecule has 0 aromatic heterocycles. The van der Waals surface area contributed by atoms with Crippen LogP contribution in [0.25, 0.3) is 0 Å². The Morgan fingerprint density at radius 2 is 1.57 bits per heavy atom. The Morgan fingerprint density at radius 1 is 0.957 bits per heavy atom. The Morgan fingerprint density at radius 3 is 2.17 bits per heavy atom. The summed E-state index contributed by atoms with van der Waals surface area (Å²) in [6.07, 6.45) is 10.4. The van der Waals surface area contributed by atoms with Gasteiger partial charge in [0, 0.05) is 0 Å². The molecule has 124 valence electrons. The van der Waals surface area contributed by atoms with Crippen LogP contribution in [0, 0.1) is 0 Å². The summed E-state index contributed by atoms with van der Waals surface area (Å²) in [7, 11) is -2.78. The van der Waals surface area contributed by atoms with Gasteiger partial charge in [0.25, 0.3) is 0 Å². The van der Waals surface area contributed by atoms with Crippen molar-refractivity contribution in [1.29, 1.82) is 0 Å². The molecule has 0 spiro atoms. The molecule has 0 heterocycles. The molecule has 0 aliphatic heterocycles. The Kier molecular flexibility index (Phi) is 16.6. The fraction of sp³-hybridized carbons (Fsp3) is 0.647. The molecule has 0 aliphatic carbocycles. The largest absolute Gasteiger partial charge is 1.00 e. The minimum atomic E-state index is -2.78. The number of unbranched alkanes of at least 4 members (excludes halogenated alkanes) is 6. The third kappa shape index (κ3) is 13.6. The van der Waals surface area contributed by atoms with Crippen molar-refractivity contribution in [2.75, 3.05) is 13.2 Å². The van der Waals surface area contributed by atoms with Gasteiger partial charge in [-0.15, -0.1) is 4.52 Å². The first kappa shape index (κ1) is 23.7. The molecule has 0 radical (unpaired) electrons. The standard InChI is InChI=1S/C17H27O4P.K/c1-2-3-4-5-6-7-8-9-16-10-12-17(13-11-16)20-14-15-21-22(18)19;/h10-13H,2-9,14-15H2,1H3;/q;+1. The fourth-order valence-corrected chi connectivity index (χ4v) is 2.53. The first-order valence-electron chi connectivity index (χ1n) is 8.21. The average Bonchev–Trinajstić information content (AvgIpc) is 2.52. The summed E-state index contributed by atoms with van der Waals surface area (Å²) < 4.78 is 20.0. The number of ether oxygens (including phenoxy) is 1. The van der Waals surface area contributed by atoms with Crippen LogP contribution in [0.1, 0.15) is 57.4 Å². The topological polar surface area (TPSA) is 58.6 Å². The molecule has 6 heteroatoms. The molecule has 0 N–H and O–H groups in total. The van der Waals surface area contributed by atoms with Crippen molar-refractivity contribution in [3.8, 4) is 5.75 Å². The van der Waals surface area contributed by atoms with E-state index in [4.69, 9.17) is 4.74 Å². The van der Waals surface area contributed by atoms with Crippen LogP contribution in [0.5, 0.6) is 5.75 Å². The van der Waals surface area contributed by atoms with E-state index in [1.807, 2.05) is 12.1 Å². The van der Waals surface area contributed by atoms with E-state index in [2.05, 4.69) is 23.6 Å². The van der Waals surface area contributed by atoms with E-state index in [-0.39, 0.29) is 64.6 Å². The van der Waals surface area contributed by atoms with Crippen LogP contribution >= 0.6 is 8.25 Å². The van der Waals surface area contributed by atoms with Gasteiger partial charge >= 0.3 is 59.6 Å². The van der Waals surface area contributed by atoms with Crippen LogP contribution in [-0.2, 0) is 15.5 Å². The van der Waals surface area contributed by atoms with E-state index in [1.54, 1.807) is 0 Å². The predicted molar refractivity (Wildman–Crippen MR) is 87.2 cm³/mol. The quantitative estimate of drug-likeness (QED) is 0.301. The van der Waals surface area contributed by atoms with Gasteiger partial charge in [0.2, 0.25) is 0 Å². The van der Waals surface area contributed by atoms with Gasteiger partial charge in [-0.1, -0.05) is 57.6 Å². The molecule has 1 rings (SSSR count). The maximum Gasteiger partial charge on any atom is 1.00 e. The summed E-state index contributed by atoms with van der Waals surface area (Å²) in [6, 6.07) is 7.99. The summed E-state index contributed by atoms with van der Waals surface area (Å²) in [6.45, 7) is 2.53. The molecule has 0 bridgehead atoms. The molecule has 0 aliphatic rings. The van der Waals surface area contributed by atoms with Crippen LogP contribution in [0.4, 0.5) is 0 Å². The van der Waals surface area contributed by atoms with Gasteiger partial charge in [-0.2, -0.15) is 0 Å². The predicted octanol–water partition coefficient (Wildman–Crippen LogP) is 1.40. The zero-order valence-corrected chi connectivity index (χ0v) is 18.5. The van der Waals surface area contributed by atoms with Crippen LogP contribution in [0.3, 0.4) is 0 Å². The molecular formula is C17H27KO4P+. The van der Waals surface area contributed by atoms with E-state index in [0.717, 1.165) is 12.2 Å². The van der Waals surface area contributed by atoms with E-state index < -0.39 is 8.25 Å². The van der Waals surface area contributed by atoms with Gasteiger partial charge in [-0.25, -0.2) is 0 Å². The van der Waals surface area contributed by atoms with Gasteiger partial charge in [-0.3, -0.25) is 0 Å². The molecule has 23 heavy (non-hydrogen) atoms. The van der Waals surface area contributed by atoms with Crippen LogP contribution in [0.15, 0.2) is 24.3 Å². The van der Waals surface area contributed by atoms with Crippen molar-refractivity contribution in [2.45, 2.75) is 58.3 Å². The van der Waals surface area contributed by atoms with Crippen molar-refractivity contribution in [3.63, 3.8) is 0 Å². The molecule has 1 aromatic carbocycles. The summed E-state index contributed by atoms with van der Waals surface area (Å²) in [5.41, 5.74) is 1.32. The van der Waals surface area contributed by atoms with Crippen LogP contribution < -0.4 is 61.0 Å². The second-order valence-corrected chi connectivity index (χ2v) is 6.13. The number of benzene rings is 1. The smallest absolute Gasteiger partial charge is 0.566 e. The molecule has 4 nitrogen and oxygen atoms in total. The van der Waals surface area contributed by atoms with Crippen LogP contribution in [-0.4, -0.2) is 13.2 Å². The molecular weight excluding hydrogens is 338 g/mol. The minimum absolute atomic E-state index is 0. The number of aryl methyl sites for hydroxylation is 1. The van der Waals surface area contributed by atoms with Gasteiger partial charge < -0.3 is 9.63 Å². The second-order valence-electron chi connectivity index (χ2n) is 5.42. The van der Waals surface area contributed by atoms with E-state index in [1.165, 1.54) is 50.5 Å². The fourth-order valence-electron chi connectivity index (χ4n) is 2.31. The summed E-state index contributed by atoms with van der Waals surface area (Å²) in [4.78, 5) is 10.2. The molecule has 0 amide bonds. The van der Waals surface area contributed by atoms with Crippen molar-refractivity contribution < 1.29 is 70.1 Å². The van der Waals surface area contributed by atoms with Crippen LogP contribution in [0.2, 0.25) is 0 Å². The van der Waals surface area contributed by atoms with E-state index >= 15 is 0 Å². The minimum Gasteiger partial charge on any atom is -0.566 e. The maximum absolute atomic E-state index is 10.2. The van der Waals surface area contributed by atoms with E-state index in [0.29, 0.717) is 0 Å². The molecule has 0 saturated heterocycles. The second kappa shape index (κ2) is 16.2. The Balaban J connectivity index is 0.00000484. The van der Waals surface area contributed by atoms with Gasteiger partial charge in [0.1, 0.15) is 19.0 Å². The first-order valence-corrected chi connectivity index (χ1v) is 9.31. The summed E-state index contributed by atoms with van der Waals surface area (Å²) in [5.74, 6) is 0.744. The third-order valence-corrected chi connectivity index (χ3v) is 3.93. The Bertz CT molecular complexity index is 412. The third-order valence-electron chi connectivity index (χ3n) is 3.54. The first-order chi connectivity index (χ1) is 10.7. The van der Waals surface area contributed by atoms with Gasteiger partial charge in [0.05, 0.1) is 0 Å². The number of hydrogen-bond acceptors (Lipinski definition) is 4. The summed E-state index contributed by atoms with van der Waals surface area (Å²) >= 11 is 0. The zero-order valence-electron chi connectivity index (χ0n) is 14.5. The Labute approximate surface area is 183 Å². The van der Waals surface area contributed by atoms with Crippen molar-refractivity contribution in [3.05, 3.63) is 29.8 Å². The Hall–Kier alpha value is 0.676. The van der Waals surface area contributed by atoms with Gasteiger partial charge in [-0.05, 0) is 35.1 Å². The molecule has 0 saturated carbocycles. The monoisotopic (exact) mass is 365 g/mol. The SMILES string of the molecule is CCCCCCCCCc1ccc(OCCO[P+](=O)[O-])cc1.[K+]. The van der Waals surface area contributed by atoms with Crippen molar-refractivity contribution in [1.82, 2.24) is 0 Å². The average molecular weight is 365 g/mol. The van der Waals surface area contributed by atoms with Gasteiger partial charge in [0.15, 0.2) is 0 Å². The normalized spacial score (nSPS) is 11.0. The number of rotatable bonds is 13. The maximum atomic E-state index is 10.2. The molecule has 1 aromatic rings. The number of hydrogen-bond donors (Lipinski definition) is 0. The van der Waals surface area contributed by atoms with Crippen molar-refractivity contribution in [2.24, 2.45) is 0 Å². The van der Waals surface area contributed by atoms with Crippen molar-refractivity contribution >= 4 is 8.25 Å². The summed E-state index contributed by atoms with van der Waals surface area (Å²) in [5, 5.41) is 0. The van der Waals surface area contributed by atoms with E-state index in [9.17, 15) is 9.46 Å². The molecule has 0 fully saturated rings. The molecule has 1 unspecified atom stereocenters. The molecule has 1 atom stereocenters.